The Balaban J connectivity index is 1.41. The summed E-state index contributed by atoms with van der Waals surface area (Å²) in [6.07, 6.45) is 17.7. The van der Waals surface area contributed by atoms with Gasteiger partial charge in [-0.25, -0.2) is 0 Å². The van der Waals surface area contributed by atoms with Crippen molar-refractivity contribution in [3.63, 3.8) is 0 Å². The Labute approximate surface area is 331 Å². The van der Waals surface area contributed by atoms with Crippen LogP contribution < -0.4 is 26.6 Å². The molecule has 0 radical (unpaired) electrons. The second-order valence-electron chi connectivity index (χ2n) is 16.3. The average Bonchev–Trinajstić information content (AvgIpc) is 3.91. The number of ether oxygens (including phenoxy) is 2. The lowest BCUT2D eigenvalue weighted by molar-refractivity contribution is -0.143. The Kier molecular flexibility index (Phi) is 12.4. The molecule has 3 aliphatic rings. The number of hydrogen-bond acceptors (Lipinski definition) is 6. The molecule has 1 unspecified atom stereocenters. The highest BCUT2D eigenvalue weighted by molar-refractivity contribution is 5.95. The fourth-order valence-electron chi connectivity index (χ4n) is 9.38. The number of nitrogens with one attached hydrogen (secondary N) is 4. The summed E-state index contributed by atoms with van der Waals surface area (Å²) in [6, 6.07) is -0.390. The van der Waals surface area contributed by atoms with Crippen LogP contribution in [0.15, 0.2) is 23.9 Å². The lowest BCUT2D eigenvalue weighted by Gasteiger charge is -2.26. The van der Waals surface area contributed by atoms with Gasteiger partial charge in [-0.3, -0.25) is 9.59 Å². The lowest BCUT2D eigenvalue weighted by Crippen LogP contribution is -2.38. The zero-order valence-corrected chi connectivity index (χ0v) is 34.9. The summed E-state index contributed by atoms with van der Waals surface area (Å²) < 4.78 is 11.1. The van der Waals surface area contributed by atoms with Crippen molar-refractivity contribution in [3.05, 3.63) is 90.1 Å². The maximum Gasteiger partial charge on any atom is 0.320 e. The number of hydrogen-bond donors (Lipinski definition) is 5. The van der Waals surface area contributed by atoms with Gasteiger partial charge < -0.3 is 34.8 Å². The van der Waals surface area contributed by atoms with Crippen LogP contribution in [-0.2, 0) is 25.5 Å². The molecular formula is C47H62N4O5. The molecule has 56 heavy (non-hydrogen) atoms. The topological polar surface area (TPSA) is 132 Å². The van der Waals surface area contributed by atoms with Crippen molar-refractivity contribution in [1.29, 1.82) is 0 Å². The van der Waals surface area contributed by atoms with Gasteiger partial charge in [-0.15, -0.1) is 0 Å². The van der Waals surface area contributed by atoms with Gasteiger partial charge in [0.25, 0.3) is 0 Å². The van der Waals surface area contributed by atoms with Crippen molar-refractivity contribution in [2.75, 3.05) is 13.7 Å². The highest BCUT2D eigenvalue weighted by atomic mass is 16.5. The predicted molar refractivity (Wildman–Crippen MR) is 226 cm³/mol. The fourth-order valence-corrected chi connectivity index (χ4v) is 9.38. The first-order valence-corrected chi connectivity index (χ1v) is 20.6. The Morgan fingerprint density at radius 3 is 2.39 bits per heavy atom. The summed E-state index contributed by atoms with van der Waals surface area (Å²) in [5, 5.41) is 19.0. The number of allylic oxidation sites excluding steroid dienone is 2. The predicted octanol–water partition coefficient (Wildman–Crippen LogP) is 6.53. The molecule has 0 spiro atoms. The van der Waals surface area contributed by atoms with Gasteiger partial charge >= 0.3 is 11.9 Å². The van der Waals surface area contributed by atoms with Gasteiger partial charge in [0.1, 0.15) is 18.3 Å². The molecule has 1 aliphatic carbocycles. The summed E-state index contributed by atoms with van der Waals surface area (Å²) in [4.78, 5) is 37.9. The number of aromatic amines is 3. The molecule has 6 rings (SSSR count). The number of esters is 2. The van der Waals surface area contributed by atoms with Crippen LogP contribution in [0.5, 0.6) is 0 Å². The van der Waals surface area contributed by atoms with E-state index in [1.165, 1.54) is 43.1 Å². The van der Waals surface area contributed by atoms with E-state index in [0.717, 1.165) is 86.3 Å². The number of methoxy groups -OCH3 is 1. The standard InChI is InChI=1S/C47H62N4O5/c1-11-15-25(4)16-14-17-26(5)20-21-56-40(52)19-18-33-29(8)36-22-34-27(6)31(12-2)38(48-34)23-35-28(7)32(13-3)39(49-35)24-37-30(9)41-45(51-37)42(44(33)50-36)43(46(41)53)47(54)55-10/h12,20,22-25,29,33,43-44,48-51,53H,2,11,13-19,21H2,1,3-10H3/b26-20+,35-23-,36-22-,39-24-/t25-,29+,33+,43-,44?/m1/s1. The Bertz CT molecular complexity index is 2330. The quantitative estimate of drug-likeness (QED) is 0.0938. The van der Waals surface area contributed by atoms with Crippen molar-refractivity contribution in [1.82, 2.24) is 20.3 Å². The van der Waals surface area contributed by atoms with E-state index in [0.29, 0.717) is 11.6 Å². The van der Waals surface area contributed by atoms with Crippen LogP contribution in [-0.4, -0.2) is 51.8 Å². The third-order valence-corrected chi connectivity index (χ3v) is 12.7. The Morgan fingerprint density at radius 2 is 1.70 bits per heavy atom. The molecule has 3 aromatic rings. The van der Waals surface area contributed by atoms with Crippen LogP contribution in [0.4, 0.5) is 0 Å². The maximum atomic E-state index is 13.6. The van der Waals surface area contributed by atoms with Crippen molar-refractivity contribution < 1.29 is 24.2 Å². The first kappa shape index (κ1) is 40.7. The highest BCUT2D eigenvalue weighted by Crippen LogP contribution is 2.42. The number of carbonyl (C=O) groups is 2. The molecule has 1 fully saturated rings. The van der Waals surface area contributed by atoms with Crippen molar-refractivity contribution in [2.24, 2.45) is 23.7 Å². The fraction of sp³-hybridized carbons (Fsp3) is 0.489. The molecule has 5 heterocycles. The third kappa shape index (κ3) is 7.74. The van der Waals surface area contributed by atoms with Crippen LogP contribution in [0.1, 0.15) is 124 Å². The summed E-state index contributed by atoms with van der Waals surface area (Å²) >= 11 is 0. The number of H-pyrrole nitrogens is 3. The lowest BCUT2D eigenvalue weighted by atomic mass is 9.80. The minimum Gasteiger partial charge on any atom is -0.510 e. The number of carbonyl (C=O) groups excluding carboxylic acids is 2. The smallest absolute Gasteiger partial charge is 0.320 e. The van der Waals surface area contributed by atoms with Crippen LogP contribution >= 0.6 is 0 Å². The number of rotatable bonds is 14. The minimum absolute atomic E-state index is 0.0173. The highest BCUT2D eigenvalue weighted by Gasteiger charge is 2.47. The number of aromatic nitrogens is 3. The van der Waals surface area contributed by atoms with Gasteiger partial charge in [-0.05, 0) is 117 Å². The first-order chi connectivity index (χ1) is 26.8. The summed E-state index contributed by atoms with van der Waals surface area (Å²) in [5.41, 5.74) is 11.0. The van der Waals surface area contributed by atoms with Gasteiger partial charge in [0, 0.05) is 56.6 Å². The Morgan fingerprint density at radius 1 is 0.964 bits per heavy atom. The van der Waals surface area contributed by atoms with Gasteiger partial charge in [0.2, 0.25) is 0 Å². The molecule has 1 saturated heterocycles. The summed E-state index contributed by atoms with van der Waals surface area (Å²) in [5.74, 6) is -1.18. The van der Waals surface area contributed by atoms with E-state index in [1.54, 1.807) is 0 Å². The molecule has 5 atom stereocenters. The minimum atomic E-state index is -0.990. The van der Waals surface area contributed by atoms with Crippen molar-refractivity contribution in [3.8, 4) is 0 Å². The van der Waals surface area contributed by atoms with Crippen LogP contribution in [0, 0.1) is 44.4 Å². The largest absolute Gasteiger partial charge is 0.510 e. The molecule has 5 N–H and O–H groups in total. The summed E-state index contributed by atoms with van der Waals surface area (Å²) in [7, 11) is 1.36. The second kappa shape index (κ2) is 17.1. The van der Waals surface area contributed by atoms with E-state index in [9.17, 15) is 14.7 Å². The van der Waals surface area contributed by atoms with E-state index in [2.05, 4.69) is 93.5 Å². The van der Waals surface area contributed by atoms with Gasteiger partial charge in [0.15, 0.2) is 0 Å². The first-order valence-electron chi connectivity index (χ1n) is 20.6. The van der Waals surface area contributed by atoms with Crippen molar-refractivity contribution in [2.45, 2.75) is 113 Å². The molecule has 0 saturated carbocycles. The zero-order chi connectivity index (χ0) is 40.4. The molecular weight excluding hydrogens is 701 g/mol. The van der Waals surface area contributed by atoms with Crippen molar-refractivity contribution >= 4 is 47.6 Å². The van der Waals surface area contributed by atoms with Crippen LogP contribution in [0.2, 0.25) is 0 Å². The zero-order valence-electron chi connectivity index (χ0n) is 34.9. The van der Waals surface area contributed by atoms with E-state index in [-0.39, 0.29) is 36.6 Å². The summed E-state index contributed by atoms with van der Waals surface area (Å²) in [6.45, 7) is 21.6. The van der Waals surface area contributed by atoms with Gasteiger partial charge in [-0.2, -0.15) is 0 Å². The van der Waals surface area contributed by atoms with Crippen LogP contribution in [0.3, 0.4) is 0 Å². The third-order valence-electron chi connectivity index (χ3n) is 12.7. The number of aliphatic hydroxyl groups is 1. The Hall–Kier alpha value is -4.92. The number of aliphatic hydroxyl groups excluding tert-OH is 1. The van der Waals surface area contributed by atoms with E-state index in [4.69, 9.17) is 9.47 Å². The van der Waals surface area contributed by atoms with E-state index >= 15 is 0 Å². The molecule has 300 valence electrons. The molecule has 9 nitrogen and oxygen atoms in total. The molecule has 0 aromatic carbocycles. The molecule has 3 aromatic heterocycles. The van der Waals surface area contributed by atoms with E-state index < -0.39 is 17.9 Å². The maximum absolute atomic E-state index is 13.6. The monoisotopic (exact) mass is 762 g/mol. The normalized spacial score (nSPS) is 22.7. The van der Waals surface area contributed by atoms with E-state index in [1.807, 2.05) is 19.1 Å². The molecule has 8 bridgehead atoms. The van der Waals surface area contributed by atoms with Gasteiger partial charge in [0.05, 0.1) is 18.5 Å². The average molecular weight is 763 g/mol. The van der Waals surface area contributed by atoms with Gasteiger partial charge in [-0.1, -0.05) is 65.2 Å². The second-order valence-corrected chi connectivity index (χ2v) is 16.3. The molecule has 9 heteroatoms. The number of fused-ring (bicyclic) bond motifs is 8. The van der Waals surface area contributed by atoms with Crippen LogP contribution in [0.25, 0.3) is 35.6 Å². The SMILES string of the molecule is C=Cc1c2[nH]c(c1C)/C=C1\NC(C3=c4[nH]c(c(C)c4=C(O)[C@@H]3C(=O)OC)/C=c3\[nH]/c(c(C)c3CC)=C\2)[C@@H](CCC(=O)OC/C=C(\C)CCC[C@H](C)CCC)[C@@H]1C. The molecule has 0 amide bonds. The molecule has 2 aliphatic heterocycles.